The molecule has 0 fully saturated rings. The third-order valence-corrected chi connectivity index (χ3v) is 14.6. The van der Waals surface area contributed by atoms with Crippen LogP contribution in [0.3, 0.4) is 0 Å². The molecule has 252 valence electrons. The summed E-state index contributed by atoms with van der Waals surface area (Å²) in [5, 5.41) is 21.8. The Kier molecular flexibility index (Phi) is 19.3. The van der Waals surface area contributed by atoms with Crippen molar-refractivity contribution in [2.45, 2.75) is 26.7 Å². The normalized spacial score (nSPS) is 10.4. The van der Waals surface area contributed by atoms with Crippen LogP contribution in [0, 0.1) is 0 Å². The molecular formula is C42H48O4Si2Ti. The van der Waals surface area contributed by atoms with Gasteiger partial charge in [0.15, 0.2) is 0 Å². The Morgan fingerprint density at radius 3 is 0.551 bits per heavy atom. The summed E-state index contributed by atoms with van der Waals surface area (Å²) >= 11 is 0. The van der Waals surface area contributed by atoms with Crippen LogP contribution in [0.4, 0.5) is 0 Å². The van der Waals surface area contributed by atoms with Crippen molar-refractivity contribution in [1.29, 1.82) is 0 Å². The first-order valence-corrected chi connectivity index (χ1v) is 20.4. The Labute approximate surface area is 309 Å². The fraction of sp³-hybridized carbons (Fsp3) is 0.143. The van der Waals surface area contributed by atoms with E-state index in [9.17, 15) is 9.59 Å². The summed E-state index contributed by atoms with van der Waals surface area (Å²) in [6, 6.07) is 59.9. The summed E-state index contributed by atoms with van der Waals surface area (Å²) in [7, 11) is -5.76. The van der Waals surface area contributed by atoms with Gasteiger partial charge in [0.25, 0.3) is 16.6 Å². The molecule has 0 atom stereocenters. The van der Waals surface area contributed by atoms with Crippen molar-refractivity contribution in [3.05, 3.63) is 182 Å². The summed E-state index contributed by atoms with van der Waals surface area (Å²) in [5.41, 5.74) is 0. The Hall–Kier alpha value is -3.69. The van der Waals surface area contributed by atoms with Gasteiger partial charge in [0.1, 0.15) is 0 Å². The Morgan fingerprint density at radius 1 is 0.327 bits per heavy atom. The van der Waals surface area contributed by atoms with Gasteiger partial charge < -0.3 is 19.8 Å². The summed E-state index contributed by atoms with van der Waals surface area (Å²) in [5.74, 6) is 0. The fourth-order valence-corrected chi connectivity index (χ4v) is 11.1. The van der Waals surface area contributed by atoms with E-state index in [1.54, 1.807) is 0 Å². The molecule has 0 radical (unpaired) electrons. The van der Waals surface area contributed by atoms with Gasteiger partial charge in [0.05, 0.1) is 0 Å². The summed E-state index contributed by atoms with van der Waals surface area (Å²) in [4.78, 5) is 23.1. The van der Waals surface area contributed by atoms with Gasteiger partial charge in [-0.25, -0.2) is 0 Å². The van der Waals surface area contributed by atoms with E-state index in [1.165, 1.54) is 0 Å². The largest absolute Gasteiger partial charge is 0.421 e. The van der Waals surface area contributed by atoms with Gasteiger partial charge in [-0.2, -0.15) is 0 Å². The van der Waals surface area contributed by atoms with Crippen molar-refractivity contribution in [3.8, 4) is 0 Å². The molecule has 4 N–H and O–H groups in total. The van der Waals surface area contributed by atoms with Gasteiger partial charge in [-0.15, -0.1) is 0 Å². The first-order chi connectivity index (χ1) is 23.5. The molecule has 0 amide bonds. The number of aliphatic hydroxyl groups is 2. The van der Waals surface area contributed by atoms with Gasteiger partial charge in [-0.3, -0.25) is 0 Å². The Morgan fingerprint density at radius 2 is 0.449 bits per heavy atom. The molecule has 0 bridgehead atoms. The first-order valence-electron chi connectivity index (χ1n) is 16.5. The molecule has 49 heavy (non-hydrogen) atoms. The van der Waals surface area contributed by atoms with Crippen LogP contribution in [0.2, 0.25) is 0 Å². The van der Waals surface area contributed by atoms with Gasteiger partial charge in [0.2, 0.25) is 0 Å². The van der Waals surface area contributed by atoms with Crippen LogP contribution in [0.25, 0.3) is 0 Å². The zero-order valence-electron chi connectivity index (χ0n) is 28.4. The maximum Gasteiger partial charge on any atom is 0.285 e. The molecule has 0 unspecified atom stereocenters. The second-order valence-corrected chi connectivity index (χ2v) is 17.4. The second kappa shape index (κ2) is 22.8. The summed E-state index contributed by atoms with van der Waals surface area (Å²) in [6.45, 7) is 4.50. The third kappa shape index (κ3) is 11.7. The third-order valence-electron chi connectivity index (χ3n) is 7.60. The van der Waals surface area contributed by atoms with Crippen molar-refractivity contribution < 1.29 is 41.5 Å². The average Bonchev–Trinajstić information content (AvgIpc) is 3.19. The predicted molar refractivity (Wildman–Crippen MR) is 207 cm³/mol. The van der Waals surface area contributed by atoms with E-state index in [0.717, 1.165) is 44.0 Å². The SMILES string of the molecule is CCCO.CCCO.O[Si](c1ccccc1)(c1ccccc1)c1ccccc1.O[Si](c1ccccc1)(c1ccccc1)c1ccccc1.[Ti]. The van der Waals surface area contributed by atoms with E-state index >= 15 is 0 Å². The predicted octanol–water partition coefficient (Wildman–Crippen LogP) is 4.07. The van der Waals surface area contributed by atoms with Gasteiger partial charge in [0, 0.05) is 34.9 Å². The maximum atomic E-state index is 11.6. The Balaban J connectivity index is 0.000000275. The van der Waals surface area contributed by atoms with Crippen LogP contribution in [0.15, 0.2) is 182 Å². The van der Waals surface area contributed by atoms with Crippen LogP contribution in [0.5, 0.6) is 0 Å². The first kappa shape index (κ1) is 41.5. The van der Waals surface area contributed by atoms with Crippen molar-refractivity contribution >= 4 is 47.8 Å². The molecular weight excluding hydrogens is 672 g/mol. The monoisotopic (exact) mass is 720 g/mol. The number of hydrogen-bond donors (Lipinski definition) is 4. The van der Waals surface area contributed by atoms with Crippen LogP contribution in [-0.2, 0) is 21.7 Å². The van der Waals surface area contributed by atoms with Gasteiger partial charge in [-0.1, -0.05) is 196 Å². The number of benzene rings is 6. The quantitative estimate of drug-likeness (QED) is 0.141. The second-order valence-electron chi connectivity index (χ2n) is 11.1. The minimum Gasteiger partial charge on any atom is -0.421 e. The number of rotatable bonds is 8. The van der Waals surface area contributed by atoms with E-state index in [4.69, 9.17) is 10.2 Å². The van der Waals surface area contributed by atoms with Crippen LogP contribution >= 0.6 is 0 Å². The zero-order chi connectivity index (χ0) is 34.5. The van der Waals surface area contributed by atoms with Crippen molar-refractivity contribution in [2.24, 2.45) is 0 Å². The van der Waals surface area contributed by atoms with E-state index in [0.29, 0.717) is 13.2 Å². The molecule has 6 aromatic rings. The molecule has 0 aromatic heterocycles. The van der Waals surface area contributed by atoms with E-state index in [2.05, 4.69) is 0 Å². The van der Waals surface area contributed by atoms with Crippen LogP contribution in [0.1, 0.15) is 26.7 Å². The van der Waals surface area contributed by atoms with Crippen molar-refractivity contribution in [3.63, 3.8) is 0 Å². The standard InChI is InChI=1S/2C18H16OSi.2C3H8O.Ti/c2*19-20(16-10-4-1-5-11-16,17-12-6-2-7-13-17)18-14-8-3-9-15-18;2*1-2-3-4;/h2*1-15,19H;2*4H,2-3H2,1H3;. The number of hydrogen-bond acceptors (Lipinski definition) is 4. The Bertz CT molecular complexity index is 1340. The minimum absolute atomic E-state index is 0. The van der Waals surface area contributed by atoms with Crippen LogP contribution < -0.4 is 31.1 Å². The molecule has 0 aliphatic heterocycles. The maximum absolute atomic E-state index is 11.6. The van der Waals surface area contributed by atoms with Gasteiger partial charge >= 0.3 is 0 Å². The van der Waals surface area contributed by atoms with Crippen molar-refractivity contribution in [2.75, 3.05) is 13.2 Å². The van der Waals surface area contributed by atoms with E-state index in [-0.39, 0.29) is 21.7 Å². The van der Waals surface area contributed by atoms with E-state index < -0.39 is 16.6 Å². The molecule has 0 spiro atoms. The molecule has 7 heteroatoms. The molecule has 0 aliphatic carbocycles. The fourth-order valence-electron chi connectivity index (χ4n) is 5.08. The molecule has 0 saturated carbocycles. The minimum atomic E-state index is -2.88. The molecule has 0 heterocycles. The smallest absolute Gasteiger partial charge is 0.285 e. The zero-order valence-corrected chi connectivity index (χ0v) is 32.0. The molecule has 4 nitrogen and oxygen atoms in total. The van der Waals surface area contributed by atoms with Gasteiger partial charge in [-0.05, 0) is 44.0 Å². The van der Waals surface area contributed by atoms with Crippen LogP contribution in [-0.4, -0.2) is 49.7 Å². The molecule has 0 aliphatic rings. The summed E-state index contributed by atoms with van der Waals surface area (Å²) in [6.07, 6.45) is 1.75. The van der Waals surface area contributed by atoms with Crippen molar-refractivity contribution in [1.82, 2.24) is 0 Å². The average molecular weight is 721 g/mol. The molecule has 0 saturated heterocycles. The molecule has 6 rings (SSSR count). The molecule has 6 aromatic carbocycles. The topological polar surface area (TPSA) is 80.9 Å². The number of aliphatic hydroxyl groups excluding tert-OH is 2. The van der Waals surface area contributed by atoms with E-state index in [1.807, 2.05) is 196 Å². The summed E-state index contributed by atoms with van der Waals surface area (Å²) < 4.78 is 0.